The second-order valence-electron chi connectivity index (χ2n) is 16.3. The van der Waals surface area contributed by atoms with Gasteiger partial charge in [0.05, 0.1) is 11.0 Å². The van der Waals surface area contributed by atoms with Crippen LogP contribution >= 0.6 is 0 Å². The zero-order valence-electron chi connectivity index (χ0n) is 36.1. The minimum Gasteiger partial charge on any atom is -0.309 e. The average Bonchev–Trinajstić information content (AvgIpc) is 3.75. The molecule has 67 heavy (non-hydrogen) atoms. The molecule has 12 aromatic rings. The van der Waals surface area contributed by atoms with Crippen molar-refractivity contribution in [2.24, 2.45) is 0 Å². The van der Waals surface area contributed by atoms with Crippen LogP contribution in [0.1, 0.15) is 0 Å². The van der Waals surface area contributed by atoms with E-state index in [1.165, 1.54) is 5.39 Å². The van der Waals surface area contributed by atoms with Crippen molar-refractivity contribution in [1.82, 2.24) is 34.5 Å². The van der Waals surface area contributed by atoms with E-state index in [0.717, 1.165) is 77.7 Å². The molecular formula is C60H39N7. The minimum absolute atomic E-state index is 0.528. The summed E-state index contributed by atoms with van der Waals surface area (Å²) in [4.78, 5) is 31.0. The molecule has 0 saturated heterocycles. The third-order valence-electron chi connectivity index (χ3n) is 12.1. The number of aromatic nitrogens is 7. The second kappa shape index (κ2) is 17.1. The fourth-order valence-electron chi connectivity index (χ4n) is 8.84. The molecule has 7 nitrogen and oxygen atoms in total. The molecule has 0 unspecified atom stereocenters. The monoisotopic (exact) mass is 857 g/mol. The molecule has 12 rings (SSSR count). The van der Waals surface area contributed by atoms with E-state index in [0.29, 0.717) is 34.9 Å². The summed E-state index contributed by atoms with van der Waals surface area (Å²) in [7, 11) is 0. The Morgan fingerprint density at radius 3 is 1.15 bits per heavy atom. The van der Waals surface area contributed by atoms with Gasteiger partial charge in [0, 0.05) is 49.8 Å². The van der Waals surface area contributed by atoms with Crippen LogP contribution < -0.4 is 0 Å². The lowest BCUT2D eigenvalue weighted by Gasteiger charge is -2.15. The lowest BCUT2D eigenvalue weighted by Crippen LogP contribution is -2.03. The van der Waals surface area contributed by atoms with Crippen LogP contribution in [0, 0.1) is 0 Å². The van der Waals surface area contributed by atoms with E-state index in [1.54, 1.807) is 0 Å². The summed E-state index contributed by atoms with van der Waals surface area (Å²) in [5.74, 6) is 3.38. The van der Waals surface area contributed by atoms with Gasteiger partial charge in [-0.25, -0.2) is 29.9 Å². The van der Waals surface area contributed by atoms with Crippen LogP contribution in [0.3, 0.4) is 0 Å². The Balaban J connectivity index is 1.09. The Kier molecular flexibility index (Phi) is 10.0. The van der Waals surface area contributed by atoms with E-state index in [2.05, 4.69) is 144 Å². The van der Waals surface area contributed by atoms with Gasteiger partial charge in [0.1, 0.15) is 0 Å². The third kappa shape index (κ3) is 7.60. The summed E-state index contributed by atoms with van der Waals surface area (Å²) in [5.41, 5.74) is 12.8. The van der Waals surface area contributed by atoms with Crippen LogP contribution in [-0.4, -0.2) is 34.5 Å². The number of rotatable bonds is 9. The van der Waals surface area contributed by atoms with Gasteiger partial charge in [-0.05, 0) is 58.7 Å². The first kappa shape index (κ1) is 39.4. The molecule has 0 atom stereocenters. The van der Waals surface area contributed by atoms with Crippen LogP contribution in [0.2, 0.25) is 0 Å². The van der Waals surface area contributed by atoms with Gasteiger partial charge in [0.15, 0.2) is 34.9 Å². The van der Waals surface area contributed by atoms with Crippen molar-refractivity contribution in [3.8, 4) is 96.3 Å². The molecule has 0 amide bonds. The summed E-state index contributed by atoms with van der Waals surface area (Å²) >= 11 is 0. The first-order valence-electron chi connectivity index (χ1n) is 22.3. The van der Waals surface area contributed by atoms with E-state index in [-0.39, 0.29) is 0 Å². The van der Waals surface area contributed by atoms with Gasteiger partial charge in [-0.1, -0.05) is 200 Å². The number of fused-ring (bicyclic) bond motifs is 3. The Morgan fingerprint density at radius 2 is 0.597 bits per heavy atom. The highest BCUT2D eigenvalue weighted by Crippen LogP contribution is 2.40. The number of benzene rings is 9. The maximum Gasteiger partial charge on any atom is 0.164 e. The van der Waals surface area contributed by atoms with Gasteiger partial charge in [-0.2, -0.15) is 0 Å². The molecule has 0 fully saturated rings. The molecule has 0 saturated carbocycles. The van der Waals surface area contributed by atoms with Crippen LogP contribution in [0.5, 0.6) is 0 Å². The minimum atomic E-state index is 0.528. The van der Waals surface area contributed by atoms with E-state index in [4.69, 9.17) is 29.9 Å². The lowest BCUT2D eigenvalue weighted by molar-refractivity contribution is 1.07. The SMILES string of the molecule is c1ccc(-c2ccc(-c3nc(-c4ccccc4)nc(-c4cc(-c5nc(-c6ccccc6)nc(-c6ccccc6)n5)ccc4-c4ccc5c(c4)c4ccccc4n5-c4ccccc4)n3)cc2)cc1. The fraction of sp³-hybridized carbons (Fsp3) is 0. The van der Waals surface area contributed by atoms with Gasteiger partial charge in [-0.15, -0.1) is 0 Å². The molecule has 9 aromatic carbocycles. The van der Waals surface area contributed by atoms with Crippen molar-refractivity contribution in [1.29, 1.82) is 0 Å². The number of para-hydroxylation sites is 2. The molecule has 0 aliphatic carbocycles. The largest absolute Gasteiger partial charge is 0.309 e. The summed E-state index contributed by atoms with van der Waals surface area (Å²) in [6, 6.07) is 81.2. The first-order chi connectivity index (χ1) is 33.2. The molecule has 3 heterocycles. The van der Waals surface area contributed by atoms with Crippen LogP contribution in [-0.2, 0) is 0 Å². The van der Waals surface area contributed by atoms with Crippen molar-refractivity contribution < 1.29 is 0 Å². The summed E-state index contributed by atoms with van der Waals surface area (Å²) < 4.78 is 2.33. The molecule has 0 spiro atoms. The molecule has 7 heteroatoms. The average molecular weight is 858 g/mol. The van der Waals surface area contributed by atoms with Gasteiger partial charge < -0.3 is 4.57 Å². The van der Waals surface area contributed by atoms with Gasteiger partial charge in [0.2, 0.25) is 0 Å². The molecule has 0 N–H and O–H groups in total. The van der Waals surface area contributed by atoms with Crippen LogP contribution in [0.25, 0.3) is 118 Å². The van der Waals surface area contributed by atoms with Gasteiger partial charge >= 0.3 is 0 Å². The highest BCUT2D eigenvalue weighted by molar-refractivity contribution is 6.11. The Morgan fingerprint density at radius 1 is 0.224 bits per heavy atom. The van der Waals surface area contributed by atoms with E-state index >= 15 is 0 Å². The first-order valence-corrected chi connectivity index (χ1v) is 22.3. The zero-order valence-corrected chi connectivity index (χ0v) is 36.1. The van der Waals surface area contributed by atoms with Crippen LogP contribution in [0.4, 0.5) is 0 Å². The second-order valence-corrected chi connectivity index (χ2v) is 16.3. The summed E-state index contributed by atoms with van der Waals surface area (Å²) in [6.45, 7) is 0. The Labute approximate surface area is 387 Å². The van der Waals surface area contributed by atoms with Crippen molar-refractivity contribution in [3.05, 3.63) is 237 Å². The van der Waals surface area contributed by atoms with Crippen LogP contribution in [0.15, 0.2) is 237 Å². The van der Waals surface area contributed by atoms with Crippen molar-refractivity contribution >= 4 is 21.8 Å². The van der Waals surface area contributed by atoms with Crippen molar-refractivity contribution in [2.75, 3.05) is 0 Å². The zero-order chi connectivity index (χ0) is 44.5. The molecule has 0 radical (unpaired) electrons. The smallest absolute Gasteiger partial charge is 0.164 e. The van der Waals surface area contributed by atoms with Gasteiger partial charge in [0.25, 0.3) is 0 Å². The molecule has 0 aliphatic heterocycles. The number of hydrogen-bond donors (Lipinski definition) is 0. The Bertz CT molecular complexity index is 3650. The fourth-order valence-corrected chi connectivity index (χ4v) is 8.84. The van der Waals surface area contributed by atoms with Gasteiger partial charge in [-0.3, -0.25) is 0 Å². The quantitative estimate of drug-likeness (QED) is 0.144. The predicted octanol–water partition coefficient (Wildman–Crippen LogP) is 14.5. The number of nitrogens with zero attached hydrogens (tertiary/aromatic N) is 7. The topological polar surface area (TPSA) is 82.3 Å². The molecule has 0 aliphatic rings. The highest BCUT2D eigenvalue weighted by atomic mass is 15.0. The Hall–Kier alpha value is -9.20. The lowest BCUT2D eigenvalue weighted by atomic mass is 9.95. The molecule has 0 bridgehead atoms. The third-order valence-corrected chi connectivity index (χ3v) is 12.1. The summed E-state index contributed by atoms with van der Waals surface area (Å²) in [5, 5.41) is 2.31. The van der Waals surface area contributed by atoms with Crippen molar-refractivity contribution in [2.45, 2.75) is 0 Å². The maximum atomic E-state index is 5.33. The molecular weight excluding hydrogens is 819 g/mol. The van der Waals surface area contributed by atoms with Crippen molar-refractivity contribution in [3.63, 3.8) is 0 Å². The highest BCUT2D eigenvalue weighted by Gasteiger charge is 2.21. The predicted molar refractivity (Wildman–Crippen MR) is 271 cm³/mol. The van der Waals surface area contributed by atoms with E-state index < -0.39 is 0 Å². The maximum absolute atomic E-state index is 5.33. The standard InChI is InChI=1S/C60H39N7/c1-6-18-40(19-7-1)41-30-32-45(33-31-41)58-62-57(44-24-12-4-13-25-44)65-60(66-58)52-39-47(59-63-55(42-20-8-2-9-21-42)61-56(64-59)43-22-10-3-11-23-43)34-36-49(52)46-35-37-54-51(38-46)50-28-16-17-29-53(50)67(54)48-26-14-5-15-27-48/h1-39H. The van der Waals surface area contributed by atoms with E-state index in [9.17, 15) is 0 Å². The molecule has 3 aromatic heterocycles. The van der Waals surface area contributed by atoms with E-state index in [1.807, 2.05) is 97.1 Å². The number of hydrogen-bond acceptors (Lipinski definition) is 6. The summed E-state index contributed by atoms with van der Waals surface area (Å²) in [6.07, 6.45) is 0. The molecule has 314 valence electrons. The normalized spacial score (nSPS) is 11.3.